The lowest BCUT2D eigenvalue weighted by Crippen LogP contribution is -2.09. The minimum absolute atomic E-state index is 0.511. The van der Waals surface area contributed by atoms with Gasteiger partial charge in [0, 0.05) is 0 Å². The maximum Gasteiger partial charge on any atom is 0.234 e. The van der Waals surface area contributed by atoms with Crippen LogP contribution < -0.4 is 16.0 Å². The molecule has 1 rings (SSSR count). The Balaban J connectivity index is 2.34. The highest BCUT2D eigenvalue weighted by Gasteiger charge is 1.97. The van der Waals surface area contributed by atoms with Crippen molar-refractivity contribution >= 4 is 5.82 Å². The molecule has 14 heavy (non-hydrogen) atoms. The summed E-state index contributed by atoms with van der Waals surface area (Å²) >= 11 is 0. The number of aromatic nitrogens is 2. The Kier molecular flexibility index (Phi) is 4.71. The van der Waals surface area contributed by atoms with Gasteiger partial charge in [-0.25, -0.2) is 5.84 Å². The first-order valence-electron chi connectivity index (χ1n) is 4.78. The summed E-state index contributed by atoms with van der Waals surface area (Å²) in [5.74, 6) is 6.21. The largest absolute Gasteiger partial charge is 0.477 e. The average molecular weight is 196 g/mol. The van der Waals surface area contributed by atoms with Gasteiger partial charge in [-0.3, -0.25) is 4.98 Å². The standard InChI is InChI=1S/C9H16N4O/c1-2-3-4-5-14-9-7-11-6-8(12-9)13-10/h6-7H,2-5,10H2,1H3,(H,12,13). The monoisotopic (exact) mass is 196 g/mol. The van der Waals surface area contributed by atoms with E-state index in [1.165, 1.54) is 12.8 Å². The number of hydrogen-bond acceptors (Lipinski definition) is 5. The van der Waals surface area contributed by atoms with Gasteiger partial charge in [-0.05, 0) is 6.42 Å². The summed E-state index contributed by atoms with van der Waals surface area (Å²) in [5.41, 5.74) is 2.42. The second kappa shape index (κ2) is 6.15. The molecule has 3 N–H and O–H groups in total. The fourth-order valence-electron chi connectivity index (χ4n) is 1.02. The van der Waals surface area contributed by atoms with Gasteiger partial charge in [-0.1, -0.05) is 19.8 Å². The van der Waals surface area contributed by atoms with E-state index in [0.29, 0.717) is 18.3 Å². The summed E-state index contributed by atoms with van der Waals surface area (Å²) in [6.45, 7) is 2.83. The van der Waals surface area contributed by atoms with Gasteiger partial charge in [0.15, 0.2) is 5.82 Å². The predicted octanol–water partition coefficient (Wildman–Crippen LogP) is 1.33. The lowest BCUT2D eigenvalue weighted by molar-refractivity contribution is 0.294. The lowest BCUT2D eigenvalue weighted by atomic mass is 10.3. The van der Waals surface area contributed by atoms with E-state index in [1.807, 2.05) is 0 Å². The third kappa shape index (κ3) is 3.57. The number of hydrogen-bond donors (Lipinski definition) is 2. The first-order chi connectivity index (χ1) is 6.86. The van der Waals surface area contributed by atoms with Crippen LogP contribution in [0.4, 0.5) is 5.82 Å². The van der Waals surface area contributed by atoms with Gasteiger partial charge >= 0.3 is 0 Å². The van der Waals surface area contributed by atoms with Crippen LogP contribution in [0, 0.1) is 0 Å². The van der Waals surface area contributed by atoms with E-state index in [4.69, 9.17) is 10.6 Å². The van der Waals surface area contributed by atoms with E-state index in [9.17, 15) is 0 Å². The van der Waals surface area contributed by atoms with Crippen molar-refractivity contribution in [2.24, 2.45) is 5.84 Å². The number of nitrogens with one attached hydrogen (secondary N) is 1. The molecular weight excluding hydrogens is 180 g/mol. The minimum Gasteiger partial charge on any atom is -0.477 e. The highest BCUT2D eigenvalue weighted by Crippen LogP contribution is 2.08. The zero-order valence-corrected chi connectivity index (χ0v) is 8.36. The molecule has 0 fully saturated rings. The Bertz CT molecular complexity index is 267. The summed E-state index contributed by atoms with van der Waals surface area (Å²) in [5, 5.41) is 0. The molecule has 0 spiro atoms. The van der Waals surface area contributed by atoms with Crippen molar-refractivity contribution in [3.05, 3.63) is 12.4 Å². The average Bonchev–Trinajstić information content (AvgIpc) is 2.25. The fraction of sp³-hybridized carbons (Fsp3) is 0.556. The molecule has 0 aliphatic carbocycles. The normalized spacial score (nSPS) is 9.86. The summed E-state index contributed by atoms with van der Waals surface area (Å²) in [7, 11) is 0. The molecule has 5 nitrogen and oxygen atoms in total. The van der Waals surface area contributed by atoms with Gasteiger partial charge in [0.2, 0.25) is 5.88 Å². The molecule has 0 aromatic carbocycles. The molecule has 0 atom stereocenters. The Morgan fingerprint density at radius 2 is 2.29 bits per heavy atom. The third-order valence-electron chi connectivity index (χ3n) is 1.76. The van der Waals surface area contributed by atoms with Crippen LogP contribution in [0.15, 0.2) is 12.4 Å². The first kappa shape index (κ1) is 10.7. The van der Waals surface area contributed by atoms with E-state index in [0.717, 1.165) is 6.42 Å². The topological polar surface area (TPSA) is 73.1 Å². The van der Waals surface area contributed by atoms with Crippen molar-refractivity contribution in [1.82, 2.24) is 9.97 Å². The molecule has 5 heteroatoms. The number of anilines is 1. The van der Waals surface area contributed by atoms with E-state index in [2.05, 4.69) is 22.3 Å². The molecule has 1 aromatic rings. The highest BCUT2D eigenvalue weighted by atomic mass is 16.5. The second-order valence-electron chi connectivity index (χ2n) is 2.94. The molecule has 0 aliphatic heterocycles. The molecular formula is C9H16N4O. The fourth-order valence-corrected chi connectivity index (χ4v) is 1.02. The van der Waals surface area contributed by atoms with Crippen molar-refractivity contribution in [3.8, 4) is 5.88 Å². The summed E-state index contributed by atoms with van der Waals surface area (Å²) in [4.78, 5) is 7.99. The van der Waals surface area contributed by atoms with Gasteiger partial charge in [0.05, 0.1) is 19.0 Å². The molecule has 0 aliphatic rings. The molecule has 0 saturated carbocycles. The van der Waals surface area contributed by atoms with Crippen LogP contribution in [0.3, 0.4) is 0 Å². The van der Waals surface area contributed by atoms with E-state index in [1.54, 1.807) is 12.4 Å². The number of rotatable bonds is 6. The van der Waals surface area contributed by atoms with E-state index < -0.39 is 0 Å². The van der Waals surface area contributed by atoms with E-state index in [-0.39, 0.29) is 0 Å². The smallest absolute Gasteiger partial charge is 0.234 e. The summed E-state index contributed by atoms with van der Waals surface area (Å²) in [6, 6.07) is 0. The van der Waals surface area contributed by atoms with Crippen molar-refractivity contribution in [1.29, 1.82) is 0 Å². The molecule has 78 valence electrons. The van der Waals surface area contributed by atoms with Gasteiger partial charge in [0.1, 0.15) is 0 Å². The Hall–Kier alpha value is -1.36. The zero-order chi connectivity index (χ0) is 10.2. The van der Waals surface area contributed by atoms with E-state index >= 15 is 0 Å². The van der Waals surface area contributed by atoms with Crippen LogP contribution in [-0.4, -0.2) is 16.6 Å². The highest BCUT2D eigenvalue weighted by molar-refractivity contribution is 5.31. The van der Waals surface area contributed by atoms with Gasteiger partial charge in [-0.15, -0.1) is 0 Å². The molecule has 0 saturated heterocycles. The van der Waals surface area contributed by atoms with Crippen molar-refractivity contribution in [2.75, 3.05) is 12.0 Å². The van der Waals surface area contributed by atoms with Crippen LogP contribution in [0.25, 0.3) is 0 Å². The Morgan fingerprint density at radius 3 is 3.00 bits per heavy atom. The zero-order valence-electron chi connectivity index (χ0n) is 8.36. The molecule has 0 radical (unpaired) electrons. The van der Waals surface area contributed by atoms with Crippen LogP contribution in [0.2, 0.25) is 0 Å². The van der Waals surface area contributed by atoms with Gasteiger partial charge in [0.25, 0.3) is 0 Å². The maximum absolute atomic E-state index is 5.38. The molecule has 0 bridgehead atoms. The quantitative estimate of drug-likeness (QED) is 0.408. The summed E-state index contributed by atoms with van der Waals surface area (Å²) in [6.07, 6.45) is 6.51. The lowest BCUT2D eigenvalue weighted by Gasteiger charge is -2.05. The van der Waals surface area contributed by atoms with Gasteiger partial charge in [-0.2, -0.15) is 4.98 Å². The molecule has 0 amide bonds. The number of ether oxygens (including phenoxy) is 1. The van der Waals surface area contributed by atoms with Crippen LogP contribution >= 0.6 is 0 Å². The Labute approximate surface area is 83.7 Å². The van der Waals surface area contributed by atoms with Crippen molar-refractivity contribution in [3.63, 3.8) is 0 Å². The second-order valence-corrected chi connectivity index (χ2v) is 2.94. The number of nitrogen functional groups attached to an aromatic ring is 1. The van der Waals surface area contributed by atoms with Crippen LogP contribution in [0.1, 0.15) is 26.2 Å². The maximum atomic E-state index is 5.38. The minimum atomic E-state index is 0.511. The van der Waals surface area contributed by atoms with Crippen LogP contribution in [0.5, 0.6) is 5.88 Å². The summed E-state index contributed by atoms with van der Waals surface area (Å²) < 4.78 is 5.38. The van der Waals surface area contributed by atoms with Gasteiger partial charge < -0.3 is 10.2 Å². The third-order valence-corrected chi connectivity index (χ3v) is 1.76. The first-order valence-corrected chi connectivity index (χ1v) is 4.78. The van der Waals surface area contributed by atoms with Crippen LogP contribution in [-0.2, 0) is 0 Å². The molecule has 1 aromatic heterocycles. The molecule has 1 heterocycles. The Morgan fingerprint density at radius 1 is 1.43 bits per heavy atom. The van der Waals surface area contributed by atoms with Crippen molar-refractivity contribution < 1.29 is 4.74 Å². The number of unbranched alkanes of at least 4 members (excludes halogenated alkanes) is 2. The van der Waals surface area contributed by atoms with Crippen molar-refractivity contribution in [2.45, 2.75) is 26.2 Å². The SMILES string of the molecule is CCCCCOc1cncc(NN)n1. The molecule has 0 unspecified atom stereocenters. The predicted molar refractivity (Wildman–Crippen MR) is 54.9 cm³/mol. The number of nitrogens with two attached hydrogens (primary N) is 1. The number of nitrogens with zero attached hydrogens (tertiary/aromatic N) is 2. The number of hydrazine groups is 1.